The molecule has 1 heterocycles. The Morgan fingerprint density at radius 2 is 1.95 bits per heavy atom. The van der Waals surface area contributed by atoms with Gasteiger partial charge in [-0.15, -0.1) is 0 Å². The van der Waals surface area contributed by atoms with E-state index in [-0.39, 0.29) is 6.54 Å². The van der Waals surface area contributed by atoms with Gasteiger partial charge >= 0.3 is 11.4 Å². The molecule has 0 amide bonds. The van der Waals surface area contributed by atoms with Crippen LogP contribution < -0.4 is 17.2 Å². The van der Waals surface area contributed by atoms with Gasteiger partial charge in [-0.05, 0) is 23.4 Å². The van der Waals surface area contributed by atoms with Crippen LogP contribution in [-0.2, 0) is 6.54 Å². The second kappa shape index (κ2) is 6.15. The number of thioether (sulfide) groups is 1. The number of hydrogen-bond acceptors (Lipinski definition) is 5. The summed E-state index contributed by atoms with van der Waals surface area (Å²) >= 11 is 7.14. The van der Waals surface area contributed by atoms with Crippen LogP contribution in [0, 0.1) is 0 Å². The van der Waals surface area contributed by atoms with Gasteiger partial charge in [-0.2, -0.15) is 9.66 Å². The molecule has 2 N–H and O–H groups in total. The molecule has 0 unspecified atom stereocenters. The normalized spacial score (nSPS) is 10.7. The van der Waals surface area contributed by atoms with Crippen LogP contribution in [0.3, 0.4) is 0 Å². The number of benzene rings is 1. The van der Waals surface area contributed by atoms with Gasteiger partial charge < -0.3 is 5.84 Å². The molecular weight excluding hydrogens is 300 g/mol. The molecule has 0 bridgehead atoms. The standard InChI is InChI=1S/C12H13ClN4O2S/c1-2-20-11-15-10(18)17(14)12(19)16(11)7-8-3-5-9(13)6-4-8/h3-6H,2,7,14H2,1H3. The highest BCUT2D eigenvalue weighted by Crippen LogP contribution is 2.14. The van der Waals surface area contributed by atoms with Crippen LogP contribution in [0.1, 0.15) is 12.5 Å². The van der Waals surface area contributed by atoms with Crippen molar-refractivity contribution in [1.29, 1.82) is 0 Å². The summed E-state index contributed by atoms with van der Waals surface area (Å²) in [4.78, 5) is 27.4. The maximum Gasteiger partial charge on any atom is 0.372 e. The Morgan fingerprint density at radius 1 is 1.30 bits per heavy atom. The highest BCUT2D eigenvalue weighted by Gasteiger charge is 2.11. The molecule has 8 heteroatoms. The Bertz CT molecular complexity index is 724. The van der Waals surface area contributed by atoms with Gasteiger partial charge in [0.25, 0.3) is 0 Å². The van der Waals surface area contributed by atoms with E-state index in [4.69, 9.17) is 17.4 Å². The molecule has 0 aliphatic rings. The van der Waals surface area contributed by atoms with Gasteiger partial charge in [-0.3, -0.25) is 4.57 Å². The van der Waals surface area contributed by atoms with E-state index in [0.29, 0.717) is 20.6 Å². The minimum Gasteiger partial charge on any atom is -0.331 e. The average Bonchev–Trinajstić information content (AvgIpc) is 2.43. The fourth-order valence-corrected chi connectivity index (χ4v) is 2.46. The zero-order valence-corrected chi connectivity index (χ0v) is 12.3. The quantitative estimate of drug-likeness (QED) is 0.671. The van der Waals surface area contributed by atoms with Gasteiger partial charge in [-0.25, -0.2) is 9.59 Å². The van der Waals surface area contributed by atoms with Crippen molar-refractivity contribution in [3.8, 4) is 0 Å². The highest BCUT2D eigenvalue weighted by atomic mass is 35.5. The maximum atomic E-state index is 12.1. The second-order valence-electron chi connectivity index (χ2n) is 3.98. The molecule has 0 aliphatic carbocycles. The molecule has 0 saturated heterocycles. The smallest absolute Gasteiger partial charge is 0.331 e. The lowest BCUT2D eigenvalue weighted by Crippen LogP contribution is -2.46. The number of rotatable bonds is 4. The number of aromatic nitrogens is 3. The van der Waals surface area contributed by atoms with Gasteiger partial charge in [0.15, 0.2) is 5.16 Å². The first-order chi connectivity index (χ1) is 9.52. The second-order valence-corrected chi connectivity index (χ2v) is 5.64. The topological polar surface area (TPSA) is 82.9 Å². The van der Waals surface area contributed by atoms with Gasteiger partial charge in [0.05, 0.1) is 6.54 Å². The molecule has 2 rings (SSSR count). The van der Waals surface area contributed by atoms with Crippen molar-refractivity contribution in [3.05, 3.63) is 55.8 Å². The van der Waals surface area contributed by atoms with Crippen molar-refractivity contribution < 1.29 is 0 Å². The van der Waals surface area contributed by atoms with Crippen molar-refractivity contribution in [1.82, 2.24) is 14.2 Å². The predicted molar refractivity (Wildman–Crippen MR) is 79.9 cm³/mol. The molecule has 20 heavy (non-hydrogen) atoms. The molecule has 0 fully saturated rings. The van der Waals surface area contributed by atoms with Crippen LogP contribution in [0.5, 0.6) is 0 Å². The van der Waals surface area contributed by atoms with Gasteiger partial charge in [0.2, 0.25) is 0 Å². The fraction of sp³-hybridized carbons (Fsp3) is 0.250. The van der Waals surface area contributed by atoms with E-state index in [1.54, 1.807) is 24.3 Å². The Hall–Kier alpha value is -1.73. The Morgan fingerprint density at radius 3 is 2.55 bits per heavy atom. The lowest BCUT2D eigenvalue weighted by Gasteiger charge is -2.11. The van der Waals surface area contributed by atoms with E-state index in [9.17, 15) is 9.59 Å². The first-order valence-corrected chi connectivity index (χ1v) is 7.25. The third-order valence-electron chi connectivity index (χ3n) is 2.59. The SMILES string of the molecule is CCSc1nc(=O)n(N)c(=O)n1Cc1ccc(Cl)cc1. The Labute approximate surface area is 124 Å². The highest BCUT2D eigenvalue weighted by molar-refractivity contribution is 7.99. The number of nitrogens with two attached hydrogens (primary N) is 1. The summed E-state index contributed by atoms with van der Waals surface area (Å²) in [6.45, 7) is 2.19. The molecule has 0 spiro atoms. The summed E-state index contributed by atoms with van der Waals surface area (Å²) in [5, 5.41) is 0.977. The minimum absolute atomic E-state index is 0.281. The van der Waals surface area contributed by atoms with Crippen molar-refractivity contribution in [2.45, 2.75) is 18.6 Å². The van der Waals surface area contributed by atoms with E-state index in [0.717, 1.165) is 5.56 Å². The number of hydrogen-bond donors (Lipinski definition) is 1. The lowest BCUT2D eigenvalue weighted by molar-refractivity contribution is 0.561. The lowest BCUT2D eigenvalue weighted by atomic mass is 10.2. The number of nitrogens with zero attached hydrogens (tertiary/aromatic N) is 3. The molecule has 106 valence electrons. The van der Waals surface area contributed by atoms with Crippen LogP contribution in [0.15, 0.2) is 39.0 Å². The van der Waals surface area contributed by atoms with Crippen LogP contribution >= 0.6 is 23.4 Å². The zero-order valence-electron chi connectivity index (χ0n) is 10.7. The number of nitrogen functional groups attached to an aromatic ring is 1. The van der Waals surface area contributed by atoms with Gasteiger partial charge in [-0.1, -0.05) is 42.4 Å². The number of halogens is 1. The summed E-state index contributed by atoms with van der Waals surface area (Å²) in [5.41, 5.74) is -0.468. The predicted octanol–water partition coefficient (Wildman–Crippen LogP) is 0.932. The summed E-state index contributed by atoms with van der Waals surface area (Å²) in [7, 11) is 0. The van der Waals surface area contributed by atoms with E-state index < -0.39 is 11.4 Å². The molecular formula is C12H13ClN4O2S. The van der Waals surface area contributed by atoms with Gasteiger partial charge in [0, 0.05) is 5.02 Å². The fourth-order valence-electron chi connectivity index (χ4n) is 1.64. The summed E-state index contributed by atoms with van der Waals surface area (Å²) < 4.78 is 1.88. The molecule has 0 atom stereocenters. The molecule has 1 aromatic heterocycles. The van der Waals surface area contributed by atoms with E-state index in [1.165, 1.54) is 16.3 Å². The van der Waals surface area contributed by atoms with E-state index >= 15 is 0 Å². The maximum absolute atomic E-state index is 12.1. The van der Waals surface area contributed by atoms with E-state index in [1.807, 2.05) is 6.92 Å². The summed E-state index contributed by atoms with van der Waals surface area (Å²) in [6.07, 6.45) is 0. The van der Waals surface area contributed by atoms with Gasteiger partial charge in [0.1, 0.15) is 0 Å². The van der Waals surface area contributed by atoms with Crippen molar-refractivity contribution in [2.75, 3.05) is 11.6 Å². The average molecular weight is 313 g/mol. The molecule has 0 aliphatic heterocycles. The van der Waals surface area contributed by atoms with Crippen molar-refractivity contribution >= 4 is 23.4 Å². The van der Waals surface area contributed by atoms with Crippen molar-refractivity contribution in [2.24, 2.45) is 0 Å². The van der Waals surface area contributed by atoms with Crippen LogP contribution in [0.4, 0.5) is 0 Å². The molecule has 6 nitrogen and oxygen atoms in total. The minimum atomic E-state index is -0.752. The summed E-state index contributed by atoms with van der Waals surface area (Å²) in [6, 6.07) is 7.09. The third-order valence-corrected chi connectivity index (χ3v) is 3.70. The summed E-state index contributed by atoms with van der Waals surface area (Å²) in [5.74, 6) is 6.10. The van der Waals surface area contributed by atoms with Crippen LogP contribution in [0.25, 0.3) is 0 Å². The first kappa shape index (κ1) is 14.7. The first-order valence-electron chi connectivity index (χ1n) is 5.89. The van der Waals surface area contributed by atoms with E-state index in [2.05, 4.69) is 4.98 Å². The third kappa shape index (κ3) is 3.05. The zero-order chi connectivity index (χ0) is 14.7. The largest absolute Gasteiger partial charge is 0.372 e. The molecule has 0 radical (unpaired) electrons. The van der Waals surface area contributed by atoms with Crippen molar-refractivity contribution in [3.63, 3.8) is 0 Å². The Balaban J connectivity index is 2.49. The monoisotopic (exact) mass is 312 g/mol. The molecule has 2 aromatic rings. The molecule has 1 aromatic carbocycles. The molecule has 0 saturated carbocycles. The van der Waals surface area contributed by atoms with Crippen LogP contribution in [-0.4, -0.2) is 20.0 Å². The van der Waals surface area contributed by atoms with Crippen LogP contribution in [0.2, 0.25) is 5.02 Å². The Kier molecular flexibility index (Phi) is 4.51.